The summed E-state index contributed by atoms with van der Waals surface area (Å²) < 4.78 is 0. The summed E-state index contributed by atoms with van der Waals surface area (Å²) in [5.74, 6) is -0.879. The standard InChI is InChI=1S/C7H6O2.Ag/c8-7(9)6-4-2-1-3-5-6;/h1-5H,(H,8,9);. The van der Waals surface area contributed by atoms with Gasteiger partial charge in [0.05, 0.1) is 5.56 Å². The molecule has 1 radical (unpaired) electrons. The van der Waals surface area contributed by atoms with E-state index in [4.69, 9.17) is 5.11 Å². The molecular formula is C7H6AgO2. The molecular weight excluding hydrogens is 224 g/mol. The fourth-order valence-corrected chi connectivity index (χ4v) is 0.581. The van der Waals surface area contributed by atoms with E-state index < -0.39 is 5.97 Å². The normalized spacial score (nSPS) is 8.00. The molecule has 1 rings (SSSR count). The number of carboxylic acids is 1. The van der Waals surface area contributed by atoms with E-state index in [1.54, 1.807) is 30.3 Å². The van der Waals surface area contributed by atoms with Gasteiger partial charge in [0.2, 0.25) is 0 Å². The Bertz CT molecular complexity index is 208. The second kappa shape index (κ2) is 4.28. The quantitative estimate of drug-likeness (QED) is 0.740. The van der Waals surface area contributed by atoms with Crippen LogP contribution in [0.4, 0.5) is 0 Å². The summed E-state index contributed by atoms with van der Waals surface area (Å²) in [4.78, 5) is 10.2. The van der Waals surface area contributed by atoms with Gasteiger partial charge >= 0.3 is 5.97 Å². The largest absolute Gasteiger partial charge is 0.478 e. The van der Waals surface area contributed by atoms with Gasteiger partial charge in [0.15, 0.2) is 0 Å². The molecule has 1 N–H and O–H groups in total. The molecule has 0 aromatic heterocycles. The molecule has 1 aromatic rings. The third-order valence-electron chi connectivity index (χ3n) is 1.02. The number of benzene rings is 1. The zero-order valence-corrected chi connectivity index (χ0v) is 6.53. The average molecular weight is 230 g/mol. The van der Waals surface area contributed by atoms with Crippen LogP contribution >= 0.6 is 0 Å². The first-order valence-corrected chi connectivity index (χ1v) is 2.59. The summed E-state index contributed by atoms with van der Waals surface area (Å²) >= 11 is 0. The second-order valence-corrected chi connectivity index (χ2v) is 1.67. The molecule has 0 aliphatic heterocycles. The van der Waals surface area contributed by atoms with E-state index in [0.29, 0.717) is 5.56 Å². The molecule has 1 aromatic carbocycles. The van der Waals surface area contributed by atoms with Crippen LogP contribution in [0.3, 0.4) is 0 Å². The number of aromatic carboxylic acids is 1. The van der Waals surface area contributed by atoms with Crippen LogP contribution in [0.15, 0.2) is 30.3 Å². The maximum atomic E-state index is 10.2. The smallest absolute Gasteiger partial charge is 0.335 e. The van der Waals surface area contributed by atoms with E-state index in [9.17, 15) is 4.79 Å². The predicted molar refractivity (Wildman–Crippen MR) is 33.4 cm³/mol. The second-order valence-electron chi connectivity index (χ2n) is 1.67. The molecule has 0 unspecified atom stereocenters. The number of carbonyl (C=O) groups is 1. The number of hydrogen-bond donors (Lipinski definition) is 1. The van der Waals surface area contributed by atoms with Gasteiger partial charge in [0.1, 0.15) is 0 Å². The Morgan fingerprint density at radius 3 is 2.00 bits per heavy atom. The van der Waals surface area contributed by atoms with Crippen molar-refractivity contribution in [3.8, 4) is 0 Å². The van der Waals surface area contributed by atoms with Crippen LogP contribution in [0, 0.1) is 0 Å². The first-order chi connectivity index (χ1) is 4.30. The monoisotopic (exact) mass is 229 g/mol. The van der Waals surface area contributed by atoms with Crippen molar-refractivity contribution in [3.05, 3.63) is 35.9 Å². The zero-order valence-electron chi connectivity index (χ0n) is 5.04. The fourth-order valence-electron chi connectivity index (χ4n) is 0.581. The fraction of sp³-hybridized carbons (Fsp3) is 0. The van der Waals surface area contributed by atoms with Gasteiger partial charge in [-0.25, -0.2) is 4.79 Å². The first kappa shape index (κ1) is 9.43. The maximum absolute atomic E-state index is 10.2. The van der Waals surface area contributed by atoms with Crippen molar-refractivity contribution in [1.82, 2.24) is 0 Å². The molecule has 0 bridgehead atoms. The van der Waals surface area contributed by atoms with Crippen LogP contribution in [0.5, 0.6) is 0 Å². The topological polar surface area (TPSA) is 37.3 Å². The molecule has 0 spiro atoms. The van der Waals surface area contributed by atoms with Crippen LogP contribution in [-0.2, 0) is 22.4 Å². The Kier molecular flexibility index (Phi) is 4.03. The summed E-state index contributed by atoms with van der Waals surface area (Å²) in [7, 11) is 0. The molecule has 0 aliphatic carbocycles. The minimum atomic E-state index is -0.879. The maximum Gasteiger partial charge on any atom is 0.335 e. The van der Waals surface area contributed by atoms with Gasteiger partial charge < -0.3 is 5.11 Å². The van der Waals surface area contributed by atoms with Gasteiger partial charge in [-0.15, -0.1) is 0 Å². The van der Waals surface area contributed by atoms with Crippen molar-refractivity contribution in [2.75, 3.05) is 0 Å². The van der Waals surface area contributed by atoms with Gasteiger partial charge in [-0.05, 0) is 12.1 Å². The molecule has 2 nitrogen and oxygen atoms in total. The molecule has 0 aliphatic rings. The summed E-state index contributed by atoms with van der Waals surface area (Å²) in [5.41, 5.74) is 0.331. The predicted octanol–water partition coefficient (Wildman–Crippen LogP) is 1.38. The zero-order chi connectivity index (χ0) is 6.69. The molecule has 0 saturated carbocycles. The van der Waals surface area contributed by atoms with E-state index >= 15 is 0 Å². The van der Waals surface area contributed by atoms with Crippen LogP contribution in [0.25, 0.3) is 0 Å². The van der Waals surface area contributed by atoms with Gasteiger partial charge in [-0.1, -0.05) is 18.2 Å². The van der Waals surface area contributed by atoms with Gasteiger partial charge in [0.25, 0.3) is 0 Å². The molecule has 0 saturated heterocycles. The first-order valence-electron chi connectivity index (χ1n) is 2.59. The average Bonchev–Trinajstić information content (AvgIpc) is 1.90. The van der Waals surface area contributed by atoms with E-state index in [1.807, 2.05) is 0 Å². The minimum absolute atomic E-state index is 0. The van der Waals surface area contributed by atoms with Crippen LogP contribution in [-0.4, -0.2) is 11.1 Å². The van der Waals surface area contributed by atoms with Crippen molar-refractivity contribution in [1.29, 1.82) is 0 Å². The van der Waals surface area contributed by atoms with Crippen LogP contribution < -0.4 is 0 Å². The Morgan fingerprint density at radius 2 is 1.70 bits per heavy atom. The van der Waals surface area contributed by atoms with Crippen LogP contribution in [0.2, 0.25) is 0 Å². The van der Waals surface area contributed by atoms with Crippen LogP contribution in [0.1, 0.15) is 10.4 Å². The Hall–Kier alpha value is -0.570. The van der Waals surface area contributed by atoms with Crippen molar-refractivity contribution in [2.24, 2.45) is 0 Å². The van der Waals surface area contributed by atoms with E-state index in [-0.39, 0.29) is 22.4 Å². The van der Waals surface area contributed by atoms with Gasteiger partial charge in [-0.2, -0.15) is 0 Å². The van der Waals surface area contributed by atoms with Crippen molar-refractivity contribution in [3.63, 3.8) is 0 Å². The molecule has 0 amide bonds. The summed E-state index contributed by atoms with van der Waals surface area (Å²) in [6.07, 6.45) is 0. The molecule has 0 heterocycles. The van der Waals surface area contributed by atoms with Crippen molar-refractivity contribution >= 4 is 5.97 Å². The third kappa shape index (κ3) is 2.35. The van der Waals surface area contributed by atoms with E-state index in [2.05, 4.69) is 0 Å². The Labute approximate surface area is 74.4 Å². The van der Waals surface area contributed by atoms with Crippen molar-refractivity contribution in [2.45, 2.75) is 0 Å². The third-order valence-corrected chi connectivity index (χ3v) is 1.02. The Balaban J connectivity index is 0.000000810. The van der Waals surface area contributed by atoms with Gasteiger partial charge in [-0.3, -0.25) is 0 Å². The van der Waals surface area contributed by atoms with Gasteiger partial charge in [0, 0.05) is 22.4 Å². The molecule has 10 heavy (non-hydrogen) atoms. The SMILES string of the molecule is O=C(O)c1ccccc1.[Ag]. The molecule has 57 valence electrons. The Morgan fingerprint density at radius 1 is 1.20 bits per heavy atom. The molecule has 3 heteroatoms. The number of carboxylic acid groups (broad SMARTS) is 1. The molecule has 0 atom stereocenters. The molecule has 0 fully saturated rings. The summed E-state index contributed by atoms with van der Waals surface area (Å²) in [6, 6.07) is 8.30. The van der Waals surface area contributed by atoms with Crippen molar-refractivity contribution < 1.29 is 32.3 Å². The number of hydrogen-bond acceptors (Lipinski definition) is 1. The van der Waals surface area contributed by atoms with E-state index in [0.717, 1.165) is 0 Å². The number of rotatable bonds is 1. The summed E-state index contributed by atoms with van der Waals surface area (Å²) in [5, 5.41) is 8.38. The van der Waals surface area contributed by atoms with E-state index in [1.165, 1.54) is 0 Å². The summed E-state index contributed by atoms with van der Waals surface area (Å²) in [6.45, 7) is 0. The minimum Gasteiger partial charge on any atom is -0.478 e.